The van der Waals surface area contributed by atoms with Gasteiger partial charge in [0.1, 0.15) is 29.5 Å². The number of phenolic OH excluding ortho intramolecular Hbond substituents is 3. The molecule has 0 amide bonds. The van der Waals surface area contributed by atoms with Crippen LogP contribution < -0.4 is 5.32 Å². The van der Waals surface area contributed by atoms with E-state index in [9.17, 15) is 15.0 Å². The van der Waals surface area contributed by atoms with Crippen LogP contribution in [0.1, 0.15) is 0 Å². The van der Waals surface area contributed by atoms with Gasteiger partial charge in [-0.2, -0.15) is 0 Å². The first-order valence-electron chi connectivity index (χ1n) is 3.71. The topological polar surface area (TPSA) is 110 Å². The van der Waals surface area contributed by atoms with E-state index < -0.39 is 24.0 Å². The lowest BCUT2D eigenvalue weighted by Gasteiger charge is -2.08. The molecule has 6 nitrogen and oxygen atoms in total. The van der Waals surface area contributed by atoms with Gasteiger partial charge in [-0.25, -0.2) is 0 Å². The largest absolute Gasteiger partial charge is 0.508 e. The summed E-state index contributed by atoms with van der Waals surface area (Å²) >= 11 is 0. The van der Waals surface area contributed by atoms with Crippen LogP contribution in [0.15, 0.2) is 12.1 Å². The van der Waals surface area contributed by atoms with E-state index in [1.807, 2.05) is 0 Å². The van der Waals surface area contributed by atoms with Gasteiger partial charge in [0.25, 0.3) is 0 Å². The first-order valence-corrected chi connectivity index (χ1v) is 3.71. The molecule has 14 heavy (non-hydrogen) atoms. The maximum atomic E-state index is 10.2. The number of hydrogen-bond donors (Lipinski definition) is 5. The summed E-state index contributed by atoms with van der Waals surface area (Å²) in [7, 11) is 0. The van der Waals surface area contributed by atoms with Crippen LogP contribution in [-0.4, -0.2) is 32.9 Å². The van der Waals surface area contributed by atoms with E-state index in [4.69, 9.17) is 10.2 Å². The standard InChI is InChI=1S/C8H9NO5/c10-4-1-5(11)8(6(12)2-4)9-3-7(13)14/h1-2,9-12H,3H2,(H,13,14). The minimum absolute atomic E-state index is 0.120. The lowest BCUT2D eigenvalue weighted by atomic mass is 10.2. The number of nitrogens with one attached hydrogen (secondary N) is 1. The summed E-state index contributed by atoms with van der Waals surface area (Å²) in [6.45, 7) is -0.439. The number of aliphatic carboxylic acids is 1. The molecule has 0 fully saturated rings. The van der Waals surface area contributed by atoms with Crippen molar-refractivity contribution >= 4 is 11.7 Å². The van der Waals surface area contributed by atoms with Crippen LogP contribution in [0.3, 0.4) is 0 Å². The summed E-state index contributed by atoms with van der Waals surface area (Å²) in [5.74, 6) is -2.26. The second kappa shape index (κ2) is 3.73. The molecule has 1 aromatic carbocycles. The highest BCUT2D eigenvalue weighted by Crippen LogP contribution is 2.36. The number of carboxylic acid groups (broad SMARTS) is 1. The molecule has 1 aromatic rings. The number of carbonyl (C=O) groups is 1. The fourth-order valence-corrected chi connectivity index (χ4v) is 0.942. The van der Waals surface area contributed by atoms with Crippen LogP contribution in [0.25, 0.3) is 0 Å². The van der Waals surface area contributed by atoms with E-state index in [-0.39, 0.29) is 11.4 Å². The van der Waals surface area contributed by atoms with Gasteiger partial charge >= 0.3 is 5.97 Å². The van der Waals surface area contributed by atoms with Crippen LogP contribution in [0, 0.1) is 0 Å². The predicted octanol–water partition coefficient (Wildman–Crippen LogP) is 0.300. The van der Waals surface area contributed by atoms with Crippen molar-refractivity contribution in [1.29, 1.82) is 0 Å². The van der Waals surface area contributed by atoms with E-state index in [1.54, 1.807) is 0 Å². The molecule has 0 bridgehead atoms. The average molecular weight is 199 g/mol. The van der Waals surface area contributed by atoms with Gasteiger partial charge in [-0.15, -0.1) is 0 Å². The summed E-state index contributed by atoms with van der Waals surface area (Å²) in [5.41, 5.74) is -0.120. The number of carboxylic acids is 1. The summed E-state index contributed by atoms with van der Waals surface area (Å²) in [6, 6.07) is 1.98. The van der Waals surface area contributed by atoms with E-state index >= 15 is 0 Å². The Labute approximate surface area is 79.0 Å². The lowest BCUT2D eigenvalue weighted by Crippen LogP contribution is -2.12. The minimum Gasteiger partial charge on any atom is -0.508 e. The molecular weight excluding hydrogens is 190 g/mol. The molecule has 0 heterocycles. The molecule has 0 atom stereocenters. The Morgan fingerprint density at radius 1 is 1.21 bits per heavy atom. The summed E-state index contributed by atoms with van der Waals surface area (Å²) in [5, 5.41) is 38.0. The van der Waals surface area contributed by atoms with Crippen LogP contribution in [0.4, 0.5) is 5.69 Å². The first-order chi connectivity index (χ1) is 6.50. The van der Waals surface area contributed by atoms with Crippen molar-refractivity contribution in [2.24, 2.45) is 0 Å². The van der Waals surface area contributed by atoms with Gasteiger partial charge in [0, 0.05) is 12.1 Å². The fraction of sp³-hybridized carbons (Fsp3) is 0.125. The zero-order chi connectivity index (χ0) is 10.7. The molecule has 0 saturated carbocycles. The van der Waals surface area contributed by atoms with Gasteiger partial charge in [-0.1, -0.05) is 0 Å². The molecule has 0 saturated heterocycles. The Morgan fingerprint density at radius 3 is 2.14 bits per heavy atom. The van der Waals surface area contributed by atoms with E-state index in [2.05, 4.69) is 5.32 Å². The molecule has 76 valence electrons. The molecule has 1 rings (SSSR count). The maximum Gasteiger partial charge on any atom is 0.322 e. The number of rotatable bonds is 3. The van der Waals surface area contributed by atoms with Crippen LogP contribution >= 0.6 is 0 Å². The molecule has 0 aliphatic rings. The van der Waals surface area contributed by atoms with Crippen molar-refractivity contribution in [3.63, 3.8) is 0 Å². The average Bonchev–Trinajstić information content (AvgIpc) is 2.01. The van der Waals surface area contributed by atoms with Crippen molar-refractivity contribution in [3.8, 4) is 17.2 Å². The zero-order valence-corrected chi connectivity index (χ0v) is 7.06. The smallest absolute Gasteiger partial charge is 0.322 e. The van der Waals surface area contributed by atoms with Crippen LogP contribution in [0.2, 0.25) is 0 Å². The highest BCUT2D eigenvalue weighted by molar-refractivity contribution is 5.76. The van der Waals surface area contributed by atoms with E-state index in [1.165, 1.54) is 0 Å². The molecule has 0 radical (unpaired) electrons. The van der Waals surface area contributed by atoms with Gasteiger partial charge < -0.3 is 25.7 Å². The summed E-state index contributed by atoms with van der Waals surface area (Å²) in [4.78, 5) is 10.2. The molecule has 0 aliphatic heterocycles. The number of aromatic hydroxyl groups is 3. The quantitative estimate of drug-likeness (QED) is 0.353. The van der Waals surface area contributed by atoms with E-state index in [0.717, 1.165) is 12.1 Å². The fourth-order valence-electron chi connectivity index (χ4n) is 0.942. The SMILES string of the molecule is O=C(O)CNc1c(O)cc(O)cc1O. The van der Waals surface area contributed by atoms with Crippen LogP contribution in [-0.2, 0) is 4.79 Å². The van der Waals surface area contributed by atoms with Crippen molar-refractivity contribution in [1.82, 2.24) is 0 Å². The molecule has 0 aliphatic carbocycles. The lowest BCUT2D eigenvalue weighted by molar-refractivity contribution is -0.134. The Morgan fingerprint density at radius 2 is 1.71 bits per heavy atom. The second-order valence-electron chi connectivity index (χ2n) is 2.61. The predicted molar refractivity (Wildman–Crippen MR) is 47.6 cm³/mol. The molecule has 5 N–H and O–H groups in total. The van der Waals surface area contributed by atoms with Gasteiger partial charge in [0.15, 0.2) is 0 Å². The van der Waals surface area contributed by atoms with Gasteiger partial charge in [0.2, 0.25) is 0 Å². The third-order valence-electron chi connectivity index (χ3n) is 1.50. The van der Waals surface area contributed by atoms with Gasteiger partial charge in [0.05, 0.1) is 0 Å². The van der Waals surface area contributed by atoms with E-state index in [0.29, 0.717) is 0 Å². The van der Waals surface area contributed by atoms with Crippen molar-refractivity contribution < 1.29 is 25.2 Å². The molecule has 0 aromatic heterocycles. The monoisotopic (exact) mass is 199 g/mol. The van der Waals surface area contributed by atoms with Gasteiger partial charge in [-0.05, 0) is 0 Å². The number of benzene rings is 1. The number of hydrogen-bond acceptors (Lipinski definition) is 5. The molecule has 0 spiro atoms. The number of anilines is 1. The maximum absolute atomic E-state index is 10.2. The highest BCUT2D eigenvalue weighted by Gasteiger charge is 2.09. The Balaban J connectivity index is 2.91. The van der Waals surface area contributed by atoms with Crippen molar-refractivity contribution in [2.45, 2.75) is 0 Å². The number of phenols is 3. The van der Waals surface area contributed by atoms with Crippen molar-refractivity contribution in [2.75, 3.05) is 11.9 Å². The first kappa shape index (κ1) is 9.97. The third kappa shape index (κ3) is 2.19. The van der Waals surface area contributed by atoms with Crippen molar-refractivity contribution in [3.05, 3.63) is 12.1 Å². The summed E-state index contributed by atoms with van der Waals surface area (Å²) in [6.07, 6.45) is 0. The second-order valence-corrected chi connectivity index (χ2v) is 2.61. The normalized spacial score (nSPS) is 9.71. The molecule has 0 unspecified atom stereocenters. The highest BCUT2D eigenvalue weighted by atomic mass is 16.4. The summed E-state index contributed by atoms with van der Waals surface area (Å²) < 4.78 is 0. The third-order valence-corrected chi connectivity index (χ3v) is 1.50. The Hall–Kier alpha value is -2.11. The Kier molecular flexibility index (Phi) is 2.66. The minimum atomic E-state index is -1.13. The zero-order valence-electron chi connectivity index (χ0n) is 7.06. The molecule has 6 heteroatoms. The van der Waals surface area contributed by atoms with Gasteiger partial charge in [-0.3, -0.25) is 4.79 Å². The Bertz CT molecular complexity index is 340. The molecular formula is C8H9NO5. The van der Waals surface area contributed by atoms with Crippen LogP contribution in [0.5, 0.6) is 17.2 Å².